The number of benzene rings is 8. The first-order chi connectivity index (χ1) is 50.5. The Morgan fingerprint density at radius 3 is 1.04 bits per heavy atom. The maximum Gasteiger partial charge on any atom is 2.00 e. The van der Waals surface area contributed by atoms with Gasteiger partial charge in [0.05, 0.1) is 53.3 Å². The van der Waals surface area contributed by atoms with E-state index in [0.29, 0.717) is 12.8 Å². The zero-order chi connectivity index (χ0) is 74.6. The second-order valence-electron chi connectivity index (χ2n) is 28.6. The summed E-state index contributed by atoms with van der Waals surface area (Å²) in [5, 5.41) is 6.86. The quantitative estimate of drug-likeness (QED) is 0.0218. The molecule has 0 N–H and O–H groups in total. The molecule has 0 aliphatic carbocycles. The molecule has 0 atom stereocenters. The molecule has 8 aromatic carbocycles. The number of rotatable bonds is 21. The van der Waals surface area contributed by atoms with E-state index < -0.39 is 36.4 Å². The summed E-state index contributed by atoms with van der Waals surface area (Å²) in [7, 11) is -10.2. The number of allylic oxidation sites excluding steroid dienone is 2. The topological polar surface area (TPSA) is 192 Å². The SMILES string of the molecule is C=CCc1ccc(-c2cc(CCC[SiH2]C)nc3c2ccc2c(CC=C)ccnc23)cc1.C[Si](C)(C)CCCS(=O)(=O)[O-].C[Si](C)(C)CCCS(=O)(=O)[O-].[Ru+2].c1ccc(-c2ccnc3c2ccc2c(-c4ccccc4)ccnc23)cc1.c1ccc(-c2ccnc3c2ccc2c(-c4ccccc4)ccnc23)cc1. The average Bonchev–Trinajstić information content (AvgIpc) is 0.808. The smallest absolute Gasteiger partial charge is 0.748 e. The van der Waals surface area contributed by atoms with Crippen molar-refractivity contribution in [1.82, 2.24) is 29.9 Å². The van der Waals surface area contributed by atoms with E-state index in [0.717, 1.165) is 86.0 Å². The Balaban J connectivity index is 0.000000161. The first-order valence-corrected chi connectivity index (χ1v) is 48.9. The van der Waals surface area contributed by atoms with Crippen LogP contribution < -0.4 is 0 Å². The Labute approximate surface area is 642 Å². The van der Waals surface area contributed by atoms with Gasteiger partial charge in [0, 0.05) is 106 Å². The molecule has 0 radical (unpaired) electrons. The maximum absolute atomic E-state index is 10.2. The molecule has 0 saturated carbocycles. The van der Waals surface area contributed by atoms with Crippen LogP contribution in [0.4, 0.5) is 0 Å². The molecular formula is C88H92N6O6RuS2Si3. The Hall–Kier alpha value is -9.21. The van der Waals surface area contributed by atoms with Gasteiger partial charge in [-0.2, -0.15) is 0 Å². The van der Waals surface area contributed by atoms with E-state index in [1.54, 1.807) is 0 Å². The van der Waals surface area contributed by atoms with E-state index in [4.69, 9.17) is 9.97 Å². The number of hydrogen-bond donors (Lipinski definition) is 0. The first-order valence-electron chi connectivity index (χ1n) is 35.9. The summed E-state index contributed by atoms with van der Waals surface area (Å²) in [4.78, 5) is 28.6. The number of hydrogen-bond acceptors (Lipinski definition) is 12. The van der Waals surface area contributed by atoms with Crippen LogP contribution >= 0.6 is 0 Å². The van der Waals surface area contributed by atoms with Gasteiger partial charge in [-0.1, -0.05) is 265 Å². The van der Waals surface area contributed by atoms with E-state index in [1.165, 1.54) is 95.7 Å². The summed E-state index contributed by atoms with van der Waals surface area (Å²) in [6.45, 7) is 23.1. The van der Waals surface area contributed by atoms with Crippen LogP contribution in [0.2, 0.25) is 64.0 Å². The van der Waals surface area contributed by atoms with E-state index in [9.17, 15) is 25.9 Å². The molecular weight excluding hydrogens is 1490 g/mol. The van der Waals surface area contributed by atoms with E-state index in [-0.39, 0.29) is 40.5 Å². The second-order valence-corrected chi connectivity index (χ2v) is 44.6. The first kappa shape index (κ1) is 80.9. The van der Waals surface area contributed by atoms with Crippen LogP contribution in [0.1, 0.15) is 36.1 Å². The van der Waals surface area contributed by atoms with Crippen LogP contribution in [0.15, 0.2) is 275 Å². The molecule has 14 rings (SSSR count). The van der Waals surface area contributed by atoms with Crippen molar-refractivity contribution in [3.05, 3.63) is 292 Å². The van der Waals surface area contributed by atoms with Crippen LogP contribution in [0.25, 0.3) is 121 Å². The predicted molar refractivity (Wildman–Crippen MR) is 448 cm³/mol. The molecule has 0 aliphatic rings. The fraction of sp³-hybridized carbons (Fsp3) is 0.205. The number of aryl methyl sites for hydroxylation is 1. The number of aromatic nitrogens is 6. The van der Waals surface area contributed by atoms with E-state index in [2.05, 4.69) is 273 Å². The fourth-order valence-corrected chi connectivity index (χ4v) is 17.7. The van der Waals surface area contributed by atoms with Crippen molar-refractivity contribution in [2.45, 2.75) is 102 Å². The van der Waals surface area contributed by atoms with Crippen LogP contribution in [0.3, 0.4) is 0 Å². The van der Waals surface area contributed by atoms with Gasteiger partial charge >= 0.3 is 19.5 Å². The van der Waals surface area contributed by atoms with Gasteiger partial charge in [-0.3, -0.25) is 29.9 Å². The van der Waals surface area contributed by atoms with Crippen molar-refractivity contribution in [2.75, 3.05) is 11.5 Å². The normalized spacial score (nSPS) is 11.6. The summed E-state index contributed by atoms with van der Waals surface area (Å²) < 4.78 is 61.1. The molecule has 0 amide bonds. The van der Waals surface area contributed by atoms with Crippen molar-refractivity contribution in [1.29, 1.82) is 0 Å². The molecule has 0 saturated heterocycles. The van der Waals surface area contributed by atoms with Gasteiger partial charge in [0.15, 0.2) is 0 Å². The molecule has 12 nitrogen and oxygen atoms in total. The van der Waals surface area contributed by atoms with Gasteiger partial charge in [-0.15, -0.1) is 13.2 Å². The molecule has 6 aromatic heterocycles. The van der Waals surface area contributed by atoms with Crippen LogP contribution in [-0.2, 0) is 59.0 Å². The Morgan fingerprint density at radius 1 is 0.387 bits per heavy atom. The molecule has 0 bridgehead atoms. The largest absolute Gasteiger partial charge is 2.00 e. The second kappa shape index (κ2) is 37.9. The van der Waals surface area contributed by atoms with Crippen molar-refractivity contribution in [3.8, 4) is 55.6 Å². The van der Waals surface area contributed by atoms with E-state index in [1.807, 2.05) is 67.4 Å². The van der Waals surface area contributed by atoms with Gasteiger partial charge in [0.25, 0.3) is 0 Å². The third-order valence-corrected chi connectivity index (χ3v) is 24.6. The third kappa shape index (κ3) is 22.4. The zero-order valence-corrected chi connectivity index (χ0v) is 68.3. The minimum absolute atomic E-state index is 0. The van der Waals surface area contributed by atoms with E-state index >= 15 is 0 Å². The number of fused-ring (bicyclic) bond motifs is 9. The van der Waals surface area contributed by atoms with Gasteiger partial charge in [-0.25, -0.2) is 16.8 Å². The Morgan fingerprint density at radius 2 is 0.708 bits per heavy atom. The minimum atomic E-state index is -3.97. The molecule has 0 fully saturated rings. The molecule has 18 heteroatoms. The Kier molecular flexibility index (Phi) is 28.9. The Bertz CT molecular complexity index is 5080. The van der Waals surface area contributed by atoms with Crippen LogP contribution in [0, 0.1) is 0 Å². The van der Waals surface area contributed by atoms with Gasteiger partial charge in [0.1, 0.15) is 0 Å². The van der Waals surface area contributed by atoms with Crippen LogP contribution in [0.5, 0.6) is 0 Å². The maximum atomic E-state index is 10.2. The van der Waals surface area contributed by atoms with Crippen molar-refractivity contribution in [3.63, 3.8) is 0 Å². The number of pyridine rings is 6. The summed E-state index contributed by atoms with van der Waals surface area (Å²) in [5.41, 5.74) is 21.5. The molecule has 0 aliphatic heterocycles. The average molecular weight is 1580 g/mol. The van der Waals surface area contributed by atoms with Gasteiger partial charge in [-0.05, 0) is 135 Å². The summed E-state index contributed by atoms with van der Waals surface area (Å²) in [6.07, 6.45) is 18.3. The van der Waals surface area contributed by atoms with Crippen molar-refractivity contribution >= 4 is 111 Å². The molecule has 0 unspecified atom stereocenters. The molecule has 106 heavy (non-hydrogen) atoms. The third-order valence-electron chi connectivity index (χ3n) is 18.1. The summed E-state index contributed by atoms with van der Waals surface area (Å²) in [6, 6.07) is 79.5. The van der Waals surface area contributed by atoms with Gasteiger partial charge < -0.3 is 9.11 Å². The zero-order valence-electron chi connectivity index (χ0n) is 61.5. The molecule has 6 heterocycles. The molecule has 14 aromatic rings. The molecule has 542 valence electrons. The fourth-order valence-electron chi connectivity index (χ4n) is 12.9. The standard InChI is InChI=1S/C28H30N2Si.2C24H16N2.2C6H16O3SSi.Ru/c1-4-7-20-10-12-22(13-11-20)26-19-23(9-6-18-31-3)30-28-25(26)15-14-24-21(8-5-2)16-17-29-27(24)28;2*1-3-7-17(8-4-1)19-13-15-25-23-21(19)11-12-22-20(14-16-26-24(22)23)18-9-5-2-6-10-18;2*1-11(2,3)6-4-5-10(7,8)9;/h4-5,10-17,19H,1-2,6-9,18,31H2,3H3;2*1-16H;2*4-6H2,1-3H3,(H,7,8,9);/q;;;;;+2/p-2. The number of nitrogens with zero attached hydrogens (tertiary/aromatic N) is 6. The molecule has 0 spiro atoms. The summed E-state index contributed by atoms with van der Waals surface area (Å²) >= 11 is 0. The van der Waals surface area contributed by atoms with Gasteiger partial charge in [0.2, 0.25) is 0 Å². The minimum Gasteiger partial charge on any atom is -0.748 e. The predicted octanol–water partition coefficient (Wildman–Crippen LogP) is 21.2. The van der Waals surface area contributed by atoms with Crippen molar-refractivity contribution in [2.24, 2.45) is 0 Å². The van der Waals surface area contributed by atoms with Crippen molar-refractivity contribution < 1.29 is 45.4 Å². The summed E-state index contributed by atoms with van der Waals surface area (Å²) in [5.74, 6) is -0.394. The van der Waals surface area contributed by atoms with Crippen LogP contribution in [-0.4, -0.2) is 93.0 Å². The monoisotopic (exact) mass is 1580 g/mol.